The van der Waals surface area contributed by atoms with E-state index in [0.717, 1.165) is 5.56 Å². The first-order chi connectivity index (χ1) is 26.5. The average Bonchev–Trinajstić information content (AvgIpc) is 3.53. The molecule has 2 aliphatic rings. The standard InChI is InChI=1S/C54H40/c1-4-5-6-7-19-36-32-34-37(35-33-36)50-40-22-10-8-20-38(40)39-21-9-11-23-41(39)52(50)43-25-18-31-49-51(43)42-24-12-13-26-44(42)54(49)47-29-16-14-27-45(47)53(2,3)46-28-15-17-30-48(46)54/h4-35H,1H2,2-3H3/b6-5-,19-7-. The Morgan fingerprint density at radius 1 is 0.389 bits per heavy atom. The van der Waals surface area contributed by atoms with Crippen molar-refractivity contribution in [2.24, 2.45) is 0 Å². The van der Waals surface area contributed by atoms with Crippen LogP contribution in [0, 0.1) is 0 Å². The zero-order valence-electron chi connectivity index (χ0n) is 30.7. The van der Waals surface area contributed by atoms with Gasteiger partial charge in [-0.1, -0.05) is 215 Å². The van der Waals surface area contributed by atoms with E-state index in [4.69, 9.17) is 0 Å². The van der Waals surface area contributed by atoms with E-state index in [-0.39, 0.29) is 5.41 Å². The zero-order valence-corrected chi connectivity index (χ0v) is 30.7. The van der Waals surface area contributed by atoms with E-state index in [1.807, 2.05) is 12.2 Å². The lowest BCUT2D eigenvalue weighted by Gasteiger charge is -2.46. The average molecular weight is 689 g/mol. The molecule has 0 radical (unpaired) electrons. The molecule has 0 fully saturated rings. The first kappa shape index (κ1) is 32.2. The number of hydrogen-bond acceptors (Lipinski definition) is 0. The molecule has 0 heterocycles. The van der Waals surface area contributed by atoms with E-state index in [9.17, 15) is 0 Å². The number of hydrogen-bond donors (Lipinski definition) is 0. The molecule has 2 aliphatic carbocycles. The second-order valence-corrected chi connectivity index (χ2v) is 15.2. The van der Waals surface area contributed by atoms with Crippen molar-refractivity contribution in [1.29, 1.82) is 0 Å². The molecule has 54 heavy (non-hydrogen) atoms. The summed E-state index contributed by atoms with van der Waals surface area (Å²) in [6.07, 6.45) is 9.97. The van der Waals surface area contributed by atoms with Crippen molar-refractivity contribution in [3.8, 4) is 33.4 Å². The van der Waals surface area contributed by atoms with Crippen LogP contribution in [0.15, 0.2) is 195 Å². The van der Waals surface area contributed by atoms with E-state index in [1.54, 1.807) is 6.08 Å². The Hall–Kier alpha value is -6.50. The molecule has 0 bridgehead atoms. The Labute approximate surface area is 318 Å². The molecule has 0 heteroatoms. The van der Waals surface area contributed by atoms with E-state index in [0.29, 0.717) is 0 Å². The summed E-state index contributed by atoms with van der Waals surface area (Å²) < 4.78 is 0. The minimum atomic E-state index is -0.453. The third-order valence-electron chi connectivity index (χ3n) is 12.1. The maximum absolute atomic E-state index is 3.79. The summed E-state index contributed by atoms with van der Waals surface area (Å²) in [5.74, 6) is 0. The van der Waals surface area contributed by atoms with Gasteiger partial charge in [0, 0.05) is 5.41 Å². The van der Waals surface area contributed by atoms with E-state index in [2.05, 4.69) is 196 Å². The Morgan fingerprint density at radius 2 is 0.889 bits per heavy atom. The van der Waals surface area contributed by atoms with Crippen molar-refractivity contribution < 1.29 is 0 Å². The van der Waals surface area contributed by atoms with Gasteiger partial charge in [-0.15, -0.1) is 0 Å². The lowest BCUT2D eigenvalue weighted by atomic mass is 9.55. The van der Waals surface area contributed by atoms with Gasteiger partial charge < -0.3 is 0 Å². The molecule has 0 nitrogen and oxygen atoms in total. The van der Waals surface area contributed by atoms with E-state index in [1.165, 1.54) is 88.3 Å². The van der Waals surface area contributed by atoms with Crippen LogP contribution in [0.4, 0.5) is 0 Å². The Balaban J connectivity index is 1.33. The smallest absolute Gasteiger partial charge is 0.0719 e. The van der Waals surface area contributed by atoms with Crippen molar-refractivity contribution in [1.82, 2.24) is 0 Å². The predicted molar refractivity (Wildman–Crippen MR) is 230 cm³/mol. The van der Waals surface area contributed by atoms with Gasteiger partial charge in [0.2, 0.25) is 0 Å². The van der Waals surface area contributed by atoms with Gasteiger partial charge in [-0.05, 0) is 93.9 Å². The molecule has 0 aliphatic heterocycles. The highest BCUT2D eigenvalue weighted by atomic mass is 14.5. The normalized spacial score (nSPS) is 14.7. The van der Waals surface area contributed by atoms with Crippen molar-refractivity contribution in [2.75, 3.05) is 0 Å². The fraction of sp³-hybridized carbons (Fsp3) is 0.0741. The van der Waals surface area contributed by atoms with Gasteiger partial charge in [0.25, 0.3) is 0 Å². The molecular weight excluding hydrogens is 649 g/mol. The van der Waals surface area contributed by atoms with Gasteiger partial charge >= 0.3 is 0 Å². The van der Waals surface area contributed by atoms with Crippen LogP contribution in [0.5, 0.6) is 0 Å². The van der Waals surface area contributed by atoms with Crippen molar-refractivity contribution in [3.63, 3.8) is 0 Å². The first-order valence-corrected chi connectivity index (χ1v) is 19.0. The molecule has 0 N–H and O–H groups in total. The van der Waals surface area contributed by atoms with Crippen LogP contribution in [0.3, 0.4) is 0 Å². The summed E-state index contributed by atoms with van der Waals surface area (Å²) >= 11 is 0. The zero-order chi connectivity index (χ0) is 36.4. The number of allylic oxidation sites excluding steroid dienone is 4. The van der Waals surface area contributed by atoms with Gasteiger partial charge in [-0.3, -0.25) is 0 Å². The highest BCUT2D eigenvalue weighted by Crippen LogP contribution is 2.64. The Morgan fingerprint density at radius 3 is 1.52 bits per heavy atom. The van der Waals surface area contributed by atoms with Gasteiger partial charge in [-0.25, -0.2) is 0 Å². The van der Waals surface area contributed by atoms with Gasteiger partial charge in [0.05, 0.1) is 5.41 Å². The van der Waals surface area contributed by atoms with E-state index >= 15 is 0 Å². The largest absolute Gasteiger partial charge is 0.0991 e. The molecular formula is C54H40. The molecule has 0 saturated carbocycles. The predicted octanol–water partition coefficient (Wildman–Crippen LogP) is 14.1. The molecule has 0 unspecified atom stereocenters. The third kappa shape index (κ3) is 4.44. The van der Waals surface area contributed by atoms with Gasteiger partial charge in [0.1, 0.15) is 0 Å². The third-order valence-corrected chi connectivity index (χ3v) is 12.1. The summed E-state index contributed by atoms with van der Waals surface area (Å²) in [6, 6.07) is 61.7. The minimum Gasteiger partial charge on any atom is -0.0991 e. The molecule has 10 rings (SSSR count). The summed E-state index contributed by atoms with van der Waals surface area (Å²) in [7, 11) is 0. The van der Waals surface area contributed by atoms with Crippen LogP contribution in [0.1, 0.15) is 52.8 Å². The molecule has 8 aromatic carbocycles. The first-order valence-electron chi connectivity index (χ1n) is 19.0. The monoisotopic (exact) mass is 688 g/mol. The van der Waals surface area contributed by atoms with Gasteiger partial charge in [-0.2, -0.15) is 0 Å². The second-order valence-electron chi connectivity index (χ2n) is 15.2. The van der Waals surface area contributed by atoms with Crippen LogP contribution in [0.25, 0.3) is 61.0 Å². The molecule has 0 atom stereocenters. The van der Waals surface area contributed by atoms with Crippen LogP contribution in [0.2, 0.25) is 0 Å². The highest BCUT2D eigenvalue weighted by Gasteiger charge is 2.53. The lowest BCUT2D eigenvalue weighted by Crippen LogP contribution is -2.40. The SMILES string of the molecule is C=C/C=C\C=C/c1ccc(-c2c(-c3cccc4c3-c3ccccc3C43c4ccccc4C(C)(C)c4ccccc43)c3ccccc3c3ccccc23)cc1. The molecule has 0 aromatic heterocycles. The maximum Gasteiger partial charge on any atom is 0.0719 e. The molecule has 8 aromatic rings. The maximum atomic E-state index is 3.79. The number of rotatable bonds is 5. The van der Waals surface area contributed by atoms with Gasteiger partial charge in [0.15, 0.2) is 0 Å². The Bertz CT molecular complexity index is 2810. The van der Waals surface area contributed by atoms with Crippen LogP contribution in [-0.2, 0) is 10.8 Å². The number of benzene rings is 8. The fourth-order valence-corrected chi connectivity index (χ4v) is 9.91. The topological polar surface area (TPSA) is 0 Å². The van der Waals surface area contributed by atoms with Crippen molar-refractivity contribution in [2.45, 2.75) is 24.7 Å². The summed E-state index contributed by atoms with van der Waals surface area (Å²) in [4.78, 5) is 0. The minimum absolute atomic E-state index is 0.140. The lowest BCUT2D eigenvalue weighted by molar-refractivity contribution is 0.563. The molecule has 0 saturated heterocycles. The van der Waals surface area contributed by atoms with Crippen molar-refractivity contribution >= 4 is 27.6 Å². The highest BCUT2D eigenvalue weighted by molar-refractivity contribution is 6.23. The summed E-state index contributed by atoms with van der Waals surface area (Å²) in [5, 5.41) is 5.07. The molecule has 0 amide bonds. The van der Waals surface area contributed by atoms with Crippen molar-refractivity contribution in [3.05, 3.63) is 234 Å². The van der Waals surface area contributed by atoms with Crippen LogP contribution >= 0.6 is 0 Å². The Kier molecular flexibility index (Phi) is 7.32. The fourth-order valence-electron chi connectivity index (χ4n) is 9.91. The second kappa shape index (κ2) is 12.3. The number of fused-ring (bicyclic) bond motifs is 12. The molecule has 256 valence electrons. The summed E-state index contributed by atoms with van der Waals surface area (Å²) in [5.41, 5.74) is 16.5. The molecule has 1 spiro atoms. The quantitative estimate of drug-likeness (QED) is 0.125. The summed E-state index contributed by atoms with van der Waals surface area (Å²) in [6.45, 7) is 8.58. The van der Waals surface area contributed by atoms with Crippen LogP contribution < -0.4 is 0 Å². The van der Waals surface area contributed by atoms with Crippen LogP contribution in [-0.4, -0.2) is 0 Å². The van der Waals surface area contributed by atoms with E-state index < -0.39 is 5.41 Å².